The lowest BCUT2D eigenvalue weighted by molar-refractivity contribution is -0.145. The summed E-state index contributed by atoms with van der Waals surface area (Å²) < 4.78 is 0. The first-order valence-corrected chi connectivity index (χ1v) is 10.6. The molecule has 0 bridgehead atoms. The van der Waals surface area contributed by atoms with Crippen LogP contribution in [0.1, 0.15) is 36.2 Å². The lowest BCUT2D eigenvalue weighted by Crippen LogP contribution is -2.58. The number of hydrogen-bond donors (Lipinski definition) is 2. The third kappa shape index (κ3) is 6.03. The third-order valence-electron chi connectivity index (χ3n) is 5.56. The summed E-state index contributed by atoms with van der Waals surface area (Å²) in [6.45, 7) is 2.88. The average Bonchev–Trinajstić information content (AvgIpc) is 2.68. The van der Waals surface area contributed by atoms with Crippen LogP contribution in [0.3, 0.4) is 0 Å². The van der Waals surface area contributed by atoms with Crippen LogP contribution in [0, 0.1) is 12.8 Å². The van der Waals surface area contributed by atoms with E-state index in [4.69, 9.17) is 17.3 Å². The number of carboxylic acids is 1. The van der Waals surface area contributed by atoms with Crippen molar-refractivity contribution in [2.75, 3.05) is 13.1 Å². The zero-order valence-corrected chi connectivity index (χ0v) is 17.9. The molecule has 0 saturated carbocycles. The summed E-state index contributed by atoms with van der Waals surface area (Å²) in [4.78, 5) is 30.9. The van der Waals surface area contributed by atoms with E-state index in [0.717, 1.165) is 29.8 Å². The molecule has 3 N–H and O–H groups in total. The summed E-state index contributed by atoms with van der Waals surface area (Å²) in [5, 5.41) is 10.0. The predicted octanol–water partition coefficient (Wildman–Crippen LogP) is 3.24. The second-order valence-corrected chi connectivity index (χ2v) is 8.73. The van der Waals surface area contributed by atoms with Crippen molar-refractivity contribution in [3.8, 4) is 0 Å². The zero-order valence-electron chi connectivity index (χ0n) is 17.2. The molecule has 3 rings (SSSR count). The van der Waals surface area contributed by atoms with E-state index in [1.54, 1.807) is 4.90 Å². The Balaban J connectivity index is 1.73. The molecule has 1 aromatic carbocycles. The summed E-state index contributed by atoms with van der Waals surface area (Å²) in [7, 11) is 0. The number of carbonyl (C=O) groups is 2. The second-order valence-electron chi connectivity index (χ2n) is 8.30. The van der Waals surface area contributed by atoms with Crippen LogP contribution in [-0.2, 0) is 22.4 Å². The van der Waals surface area contributed by atoms with Crippen LogP contribution in [0.25, 0.3) is 0 Å². The van der Waals surface area contributed by atoms with Crippen molar-refractivity contribution >= 4 is 23.5 Å². The second kappa shape index (κ2) is 9.58. The Morgan fingerprint density at radius 3 is 2.67 bits per heavy atom. The van der Waals surface area contributed by atoms with E-state index in [-0.39, 0.29) is 12.3 Å². The molecular weight excluding hydrogens is 402 g/mol. The molecule has 1 amide bonds. The number of carboxylic acid groups (broad SMARTS) is 1. The molecule has 7 heteroatoms. The Hall–Kier alpha value is -2.44. The van der Waals surface area contributed by atoms with Gasteiger partial charge in [0.25, 0.3) is 0 Å². The Morgan fingerprint density at radius 2 is 2.00 bits per heavy atom. The maximum Gasteiger partial charge on any atom is 0.304 e. The van der Waals surface area contributed by atoms with Crippen LogP contribution in [0.15, 0.2) is 42.5 Å². The van der Waals surface area contributed by atoms with Gasteiger partial charge in [0, 0.05) is 41.5 Å². The van der Waals surface area contributed by atoms with Gasteiger partial charge in [-0.15, -0.1) is 0 Å². The zero-order chi connectivity index (χ0) is 21.7. The maximum atomic E-state index is 13.3. The molecule has 0 radical (unpaired) electrons. The summed E-state index contributed by atoms with van der Waals surface area (Å²) in [6.07, 6.45) is 2.31. The molecule has 2 unspecified atom stereocenters. The molecule has 30 heavy (non-hydrogen) atoms. The molecule has 1 aliphatic rings. The molecule has 1 fully saturated rings. The minimum Gasteiger partial charge on any atom is -0.481 e. The van der Waals surface area contributed by atoms with Crippen LogP contribution in [0.5, 0.6) is 0 Å². The van der Waals surface area contributed by atoms with Crippen molar-refractivity contribution in [1.29, 1.82) is 0 Å². The quantitative estimate of drug-likeness (QED) is 0.704. The van der Waals surface area contributed by atoms with Gasteiger partial charge in [-0.25, -0.2) is 0 Å². The van der Waals surface area contributed by atoms with Crippen LogP contribution < -0.4 is 5.73 Å². The fraction of sp³-hybridized carbons (Fsp3) is 0.435. The van der Waals surface area contributed by atoms with Crippen molar-refractivity contribution in [1.82, 2.24) is 9.88 Å². The number of aliphatic carboxylic acids is 1. The van der Waals surface area contributed by atoms with Crippen LogP contribution in [0.2, 0.25) is 5.02 Å². The monoisotopic (exact) mass is 429 g/mol. The number of carbonyl (C=O) groups excluding carboxylic acids is 1. The Bertz CT molecular complexity index is 903. The summed E-state index contributed by atoms with van der Waals surface area (Å²) >= 11 is 5.97. The average molecular weight is 430 g/mol. The van der Waals surface area contributed by atoms with E-state index >= 15 is 0 Å². The summed E-state index contributed by atoms with van der Waals surface area (Å²) in [6, 6.07) is 13.2. The van der Waals surface area contributed by atoms with Crippen molar-refractivity contribution < 1.29 is 14.7 Å². The van der Waals surface area contributed by atoms with Gasteiger partial charge in [-0.05, 0) is 56.0 Å². The first-order valence-electron chi connectivity index (χ1n) is 10.2. The summed E-state index contributed by atoms with van der Waals surface area (Å²) in [5.41, 5.74) is 8.77. The number of benzene rings is 1. The Morgan fingerprint density at radius 1 is 1.27 bits per heavy atom. The van der Waals surface area contributed by atoms with Crippen molar-refractivity contribution in [3.05, 3.63) is 64.4 Å². The van der Waals surface area contributed by atoms with Crippen LogP contribution in [0.4, 0.5) is 0 Å². The van der Waals surface area contributed by atoms with Gasteiger partial charge in [0.1, 0.15) is 0 Å². The highest BCUT2D eigenvalue weighted by atomic mass is 35.5. The molecule has 2 aromatic rings. The van der Waals surface area contributed by atoms with Gasteiger partial charge >= 0.3 is 5.97 Å². The van der Waals surface area contributed by atoms with Crippen LogP contribution in [-0.4, -0.2) is 45.5 Å². The number of nitrogens with two attached hydrogens (primary N) is 1. The van der Waals surface area contributed by atoms with Crippen molar-refractivity contribution in [2.24, 2.45) is 11.7 Å². The molecule has 2 heterocycles. The minimum absolute atomic E-state index is 0.161. The first-order chi connectivity index (χ1) is 14.2. The number of pyridine rings is 1. The molecule has 1 aromatic heterocycles. The number of nitrogens with zero attached hydrogens (tertiary/aromatic N) is 2. The van der Waals surface area contributed by atoms with Crippen LogP contribution >= 0.6 is 11.6 Å². The topological polar surface area (TPSA) is 96.5 Å². The molecule has 2 atom stereocenters. The van der Waals surface area contributed by atoms with Gasteiger partial charge in [0.2, 0.25) is 5.91 Å². The maximum absolute atomic E-state index is 13.3. The van der Waals surface area contributed by atoms with E-state index in [0.29, 0.717) is 31.0 Å². The van der Waals surface area contributed by atoms with Crippen molar-refractivity contribution in [3.63, 3.8) is 0 Å². The number of likely N-dealkylation sites (tertiary alicyclic amines) is 1. The van der Waals surface area contributed by atoms with Crippen molar-refractivity contribution in [2.45, 2.75) is 44.6 Å². The number of piperidine rings is 1. The van der Waals surface area contributed by atoms with E-state index < -0.39 is 17.4 Å². The number of aryl methyl sites for hydroxylation is 1. The van der Waals surface area contributed by atoms with E-state index in [9.17, 15) is 14.7 Å². The highest BCUT2D eigenvalue weighted by molar-refractivity contribution is 6.30. The highest BCUT2D eigenvalue weighted by Crippen LogP contribution is 2.26. The number of hydrogen-bond acceptors (Lipinski definition) is 4. The SMILES string of the molecule is Cc1cccc(CC(CC(=O)O)C(=O)N2CCCC(N)(Cc3ccc(Cl)cc3)C2)n1. The molecular formula is C23H28ClN3O3. The lowest BCUT2D eigenvalue weighted by atomic mass is 9.83. The van der Waals surface area contributed by atoms with Gasteiger partial charge in [-0.3, -0.25) is 14.6 Å². The molecule has 6 nitrogen and oxygen atoms in total. The minimum atomic E-state index is -0.988. The molecule has 1 aliphatic heterocycles. The summed E-state index contributed by atoms with van der Waals surface area (Å²) in [5.74, 6) is -1.81. The van der Waals surface area contributed by atoms with Gasteiger partial charge < -0.3 is 15.7 Å². The molecule has 0 aliphatic carbocycles. The molecule has 160 valence electrons. The van der Waals surface area contributed by atoms with Gasteiger partial charge in [-0.2, -0.15) is 0 Å². The molecule has 1 saturated heterocycles. The fourth-order valence-electron chi connectivity index (χ4n) is 4.18. The Kier molecular flexibility index (Phi) is 7.10. The lowest BCUT2D eigenvalue weighted by Gasteiger charge is -2.41. The smallest absolute Gasteiger partial charge is 0.304 e. The van der Waals surface area contributed by atoms with E-state index in [1.165, 1.54) is 0 Å². The molecule has 0 spiro atoms. The van der Waals surface area contributed by atoms with E-state index in [1.807, 2.05) is 49.4 Å². The third-order valence-corrected chi connectivity index (χ3v) is 5.81. The van der Waals surface area contributed by atoms with E-state index in [2.05, 4.69) is 4.98 Å². The van der Waals surface area contributed by atoms with Gasteiger partial charge in [-0.1, -0.05) is 29.8 Å². The fourth-order valence-corrected chi connectivity index (χ4v) is 4.31. The standard InChI is InChI=1S/C23H28ClN3O3/c1-16-4-2-5-20(26-16)12-18(13-21(28)29)22(30)27-11-3-10-23(25,15-27)14-17-6-8-19(24)9-7-17/h2,4-9,18H,3,10-15,25H2,1H3,(H,28,29). The Labute approximate surface area is 182 Å². The number of aromatic nitrogens is 1. The number of rotatable bonds is 7. The van der Waals surface area contributed by atoms with Gasteiger partial charge in [0.05, 0.1) is 12.3 Å². The number of halogens is 1. The highest BCUT2D eigenvalue weighted by Gasteiger charge is 2.36. The predicted molar refractivity (Wildman–Crippen MR) is 116 cm³/mol. The largest absolute Gasteiger partial charge is 0.481 e. The first kappa shape index (κ1) is 22.2. The normalized spacial score (nSPS) is 20.0. The number of amides is 1. The van der Waals surface area contributed by atoms with Gasteiger partial charge in [0.15, 0.2) is 0 Å².